The summed E-state index contributed by atoms with van der Waals surface area (Å²) in [6.45, 7) is 8.68. The Morgan fingerprint density at radius 2 is 1.48 bits per heavy atom. The van der Waals surface area contributed by atoms with Gasteiger partial charge in [0.1, 0.15) is 0 Å². The van der Waals surface area contributed by atoms with Gasteiger partial charge >= 0.3 is 136 Å². The van der Waals surface area contributed by atoms with E-state index in [9.17, 15) is 4.79 Å². The van der Waals surface area contributed by atoms with Crippen LogP contribution in [0.4, 0.5) is 0 Å². The molecule has 0 bridgehead atoms. The molecular weight excluding hydrogens is 327 g/mol. The Labute approximate surface area is 136 Å². The zero-order valence-electron chi connectivity index (χ0n) is 13.9. The molecule has 0 aliphatic rings. The molecule has 0 aliphatic carbocycles. The quantitative estimate of drug-likeness (QED) is 0.304. The number of carbonyl (C=O) groups is 1. The molecule has 1 N–H and O–H groups in total. The Balaban J connectivity index is 3.78. The third-order valence-corrected chi connectivity index (χ3v) is 5.01. The van der Waals surface area contributed by atoms with Crippen LogP contribution in [0.5, 0.6) is 0 Å². The van der Waals surface area contributed by atoms with Gasteiger partial charge < -0.3 is 0 Å². The van der Waals surface area contributed by atoms with E-state index in [4.69, 9.17) is 5.11 Å². The minimum absolute atomic E-state index is 0.320. The van der Waals surface area contributed by atoms with Crippen molar-refractivity contribution in [3.63, 3.8) is 0 Å². The molecule has 0 aliphatic heterocycles. The Morgan fingerprint density at radius 1 is 0.905 bits per heavy atom. The zero-order valence-corrected chi connectivity index (χ0v) is 15.7. The van der Waals surface area contributed by atoms with Crippen LogP contribution in [0, 0.1) is 0 Å². The molecule has 0 spiro atoms. The second-order valence-corrected chi connectivity index (χ2v) is 8.09. The standard InChI is InChI=1S/C18H30O2Se/c1-15(2)7-5-8-16(3)9-6-10-17(4)11-13-21-14-12-18(19)20/h7,9,11H,5-6,8,10,12-14H2,1-4H3,(H,19,20). The number of carboxylic acid groups (broad SMARTS) is 1. The van der Waals surface area contributed by atoms with Gasteiger partial charge in [-0.05, 0) is 0 Å². The molecule has 0 atom stereocenters. The van der Waals surface area contributed by atoms with E-state index in [1.54, 1.807) is 0 Å². The van der Waals surface area contributed by atoms with E-state index in [0.29, 0.717) is 21.4 Å². The second-order valence-electron chi connectivity index (χ2n) is 5.68. The van der Waals surface area contributed by atoms with Crippen molar-refractivity contribution >= 4 is 20.9 Å². The number of carboxylic acids is 1. The van der Waals surface area contributed by atoms with Crippen molar-refractivity contribution in [2.45, 2.75) is 70.4 Å². The van der Waals surface area contributed by atoms with Crippen LogP contribution in [0.2, 0.25) is 10.6 Å². The summed E-state index contributed by atoms with van der Waals surface area (Å²) >= 11 is 0.440. The Kier molecular flexibility index (Phi) is 12.4. The van der Waals surface area contributed by atoms with Crippen LogP contribution in [0.1, 0.15) is 59.8 Å². The van der Waals surface area contributed by atoms with E-state index < -0.39 is 5.97 Å². The molecule has 0 heterocycles. The predicted octanol–water partition coefficient (Wildman–Crippen LogP) is 5.42. The van der Waals surface area contributed by atoms with Gasteiger partial charge in [0.05, 0.1) is 0 Å². The SMILES string of the molecule is CC(C)=CCCC(C)=CCCC(C)=CC[Se]CCC(=O)O. The molecule has 0 fully saturated rings. The second kappa shape index (κ2) is 12.9. The Morgan fingerprint density at radius 3 is 2.05 bits per heavy atom. The molecule has 21 heavy (non-hydrogen) atoms. The van der Waals surface area contributed by atoms with Crippen LogP contribution < -0.4 is 0 Å². The summed E-state index contributed by atoms with van der Waals surface area (Å²) in [5.41, 5.74) is 4.30. The van der Waals surface area contributed by atoms with Crippen LogP contribution >= 0.6 is 0 Å². The summed E-state index contributed by atoms with van der Waals surface area (Å²) in [6.07, 6.45) is 11.8. The fourth-order valence-electron chi connectivity index (χ4n) is 1.78. The van der Waals surface area contributed by atoms with Crippen LogP contribution in [0.15, 0.2) is 34.9 Å². The average Bonchev–Trinajstić information content (AvgIpc) is 2.37. The summed E-state index contributed by atoms with van der Waals surface area (Å²) in [5.74, 6) is -0.675. The van der Waals surface area contributed by atoms with Crippen molar-refractivity contribution in [1.82, 2.24) is 0 Å². The fourth-order valence-corrected chi connectivity index (χ4v) is 3.65. The van der Waals surface area contributed by atoms with E-state index in [2.05, 4.69) is 45.9 Å². The van der Waals surface area contributed by atoms with E-state index in [-0.39, 0.29) is 0 Å². The molecule has 0 aromatic rings. The van der Waals surface area contributed by atoms with Gasteiger partial charge in [-0.1, -0.05) is 0 Å². The maximum atomic E-state index is 10.4. The van der Waals surface area contributed by atoms with Crippen LogP contribution in [-0.2, 0) is 4.79 Å². The molecule has 0 amide bonds. The number of rotatable bonds is 11. The molecule has 0 aromatic heterocycles. The van der Waals surface area contributed by atoms with Crippen molar-refractivity contribution < 1.29 is 9.90 Å². The number of hydrogen-bond acceptors (Lipinski definition) is 1. The first-order valence-electron chi connectivity index (χ1n) is 7.66. The Bertz CT molecular complexity index is 388. The van der Waals surface area contributed by atoms with E-state index in [1.807, 2.05) is 0 Å². The van der Waals surface area contributed by atoms with Crippen molar-refractivity contribution in [2.24, 2.45) is 0 Å². The van der Waals surface area contributed by atoms with E-state index in [1.165, 1.54) is 16.7 Å². The van der Waals surface area contributed by atoms with Crippen LogP contribution in [-0.4, -0.2) is 26.0 Å². The van der Waals surface area contributed by atoms with Gasteiger partial charge in [-0.3, -0.25) is 0 Å². The molecule has 2 nitrogen and oxygen atoms in total. The summed E-state index contributed by atoms with van der Waals surface area (Å²) in [4.78, 5) is 10.4. The fraction of sp³-hybridized carbons (Fsp3) is 0.611. The maximum absolute atomic E-state index is 10.4. The van der Waals surface area contributed by atoms with Crippen molar-refractivity contribution in [1.29, 1.82) is 0 Å². The minimum atomic E-state index is -0.675. The van der Waals surface area contributed by atoms with Gasteiger partial charge in [0, 0.05) is 0 Å². The van der Waals surface area contributed by atoms with Crippen molar-refractivity contribution in [3.8, 4) is 0 Å². The molecule has 0 rings (SSSR count). The average molecular weight is 357 g/mol. The van der Waals surface area contributed by atoms with E-state index >= 15 is 0 Å². The molecule has 0 radical (unpaired) electrons. The predicted molar refractivity (Wildman–Crippen MR) is 93.0 cm³/mol. The van der Waals surface area contributed by atoms with Crippen molar-refractivity contribution in [2.75, 3.05) is 0 Å². The molecule has 3 heteroatoms. The summed E-state index contributed by atoms with van der Waals surface area (Å²) in [6, 6.07) is 0. The van der Waals surface area contributed by atoms with Gasteiger partial charge in [0.2, 0.25) is 0 Å². The first kappa shape index (κ1) is 20.2. The van der Waals surface area contributed by atoms with Gasteiger partial charge in [0.25, 0.3) is 0 Å². The monoisotopic (exact) mass is 358 g/mol. The molecule has 0 saturated heterocycles. The molecule has 0 unspecified atom stereocenters. The molecule has 0 aromatic carbocycles. The third kappa shape index (κ3) is 15.4. The number of aliphatic carboxylic acids is 1. The van der Waals surface area contributed by atoms with Gasteiger partial charge in [-0.2, -0.15) is 0 Å². The van der Waals surface area contributed by atoms with E-state index in [0.717, 1.165) is 36.3 Å². The first-order chi connectivity index (χ1) is 9.91. The zero-order chi connectivity index (χ0) is 16.1. The molecule has 0 saturated carbocycles. The summed E-state index contributed by atoms with van der Waals surface area (Å²) in [5, 5.41) is 10.5. The summed E-state index contributed by atoms with van der Waals surface area (Å²) in [7, 11) is 0. The van der Waals surface area contributed by atoms with Crippen LogP contribution in [0.3, 0.4) is 0 Å². The first-order valence-corrected chi connectivity index (χ1v) is 10.1. The third-order valence-electron chi connectivity index (χ3n) is 3.13. The van der Waals surface area contributed by atoms with Crippen LogP contribution in [0.25, 0.3) is 0 Å². The van der Waals surface area contributed by atoms with Crippen molar-refractivity contribution in [3.05, 3.63) is 34.9 Å². The molecule has 120 valence electrons. The number of allylic oxidation sites excluding steroid dienone is 6. The summed E-state index contributed by atoms with van der Waals surface area (Å²) < 4.78 is 0. The topological polar surface area (TPSA) is 37.3 Å². The molecular formula is C18H30O2Se. The van der Waals surface area contributed by atoms with Gasteiger partial charge in [-0.15, -0.1) is 0 Å². The van der Waals surface area contributed by atoms with Gasteiger partial charge in [-0.25, -0.2) is 0 Å². The number of hydrogen-bond donors (Lipinski definition) is 1. The normalized spacial score (nSPS) is 12.4. The van der Waals surface area contributed by atoms with Gasteiger partial charge in [0.15, 0.2) is 0 Å². The Hall–Kier alpha value is -0.791.